The summed E-state index contributed by atoms with van der Waals surface area (Å²) < 4.78 is 0. The zero-order valence-corrected chi connectivity index (χ0v) is 14.5. The molecule has 0 aliphatic rings. The first-order valence-corrected chi connectivity index (χ1v) is 8.71. The fourth-order valence-electron chi connectivity index (χ4n) is 2.17. The number of thiazole rings is 1. The largest absolute Gasteiger partial charge is 0.326 e. The molecule has 0 spiro atoms. The maximum Gasteiger partial charge on any atom is 0.230 e. The fourth-order valence-corrected chi connectivity index (χ4v) is 3.00. The molecule has 0 saturated carbocycles. The Morgan fingerprint density at radius 2 is 1.91 bits per heavy atom. The summed E-state index contributed by atoms with van der Waals surface area (Å²) in [5.74, 6) is 0.945. The molecule has 4 heteroatoms. The van der Waals surface area contributed by atoms with Crippen LogP contribution in [0.3, 0.4) is 0 Å². The third-order valence-electron chi connectivity index (χ3n) is 3.78. The van der Waals surface area contributed by atoms with Crippen molar-refractivity contribution in [2.75, 3.05) is 5.32 Å². The number of hydrogen-bond acceptors (Lipinski definition) is 3. The van der Waals surface area contributed by atoms with Gasteiger partial charge in [0.2, 0.25) is 5.91 Å². The van der Waals surface area contributed by atoms with E-state index in [2.05, 4.69) is 50.1 Å². The maximum absolute atomic E-state index is 12.1. The third-order valence-corrected chi connectivity index (χ3v) is 4.98. The van der Waals surface area contributed by atoms with E-state index in [9.17, 15) is 4.79 Å². The molecule has 2 aromatic rings. The first-order chi connectivity index (χ1) is 10.5. The second kappa shape index (κ2) is 7.54. The molecule has 1 heterocycles. The number of benzene rings is 1. The Bertz CT molecular complexity index is 616. The van der Waals surface area contributed by atoms with Gasteiger partial charge in [-0.1, -0.05) is 39.8 Å². The lowest BCUT2D eigenvalue weighted by molar-refractivity contribution is -0.115. The van der Waals surface area contributed by atoms with E-state index in [1.807, 2.05) is 17.5 Å². The highest BCUT2D eigenvalue weighted by molar-refractivity contribution is 7.09. The molecule has 0 aliphatic heterocycles. The van der Waals surface area contributed by atoms with Crippen molar-refractivity contribution < 1.29 is 4.79 Å². The van der Waals surface area contributed by atoms with Crippen LogP contribution in [0.15, 0.2) is 29.6 Å². The summed E-state index contributed by atoms with van der Waals surface area (Å²) in [6.45, 7) is 8.62. The van der Waals surface area contributed by atoms with E-state index in [1.165, 1.54) is 5.56 Å². The molecule has 118 valence electrons. The predicted molar refractivity (Wildman–Crippen MR) is 93.7 cm³/mol. The SMILES string of the molecule is CCC(C)c1ccc(NC(=O)Cc2csc(C(C)C)n2)cc1. The summed E-state index contributed by atoms with van der Waals surface area (Å²) in [7, 11) is 0. The summed E-state index contributed by atoms with van der Waals surface area (Å²) in [6, 6.07) is 8.12. The minimum absolute atomic E-state index is 0.0168. The van der Waals surface area contributed by atoms with Crippen LogP contribution in [0.25, 0.3) is 0 Å². The van der Waals surface area contributed by atoms with Gasteiger partial charge in [-0.2, -0.15) is 0 Å². The van der Waals surface area contributed by atoms with Gasteiger partial charge in [0.05, 0.1) is 17.1 Å². The predicted octanol–water partition coefficient (Wildman–Crippen LogP) is 4.96. The van der Waals surface area contributed by atoms with Crippen LogP contribution in [-0.2, 0) is 11.2 Å². The zero-order valence-electron chi connectivity index (χ0n) is 13.7. The van der Waals surface area contributed by atoms with E-state index in [1.54, 1.807) is 11.3 Å². The Balaban J connectivity index is 1.93. The molecule has 0 bridgehead atoms. The van der Waals surface area contributed by atoms with Gasteiger partial charge in [-0.25, -0.2) is 4.98 Å². The van der Waals surface area contributed by atoms with Gasteiger partial charge < -0.3 is 5.32 Å². The van der Waals surface area contributed by atoms with Crippen LogP contribution in [0.1, 0.15) is 62.2 Å². The van der Waals surface area contributed by atoms with Gasteiger partial charge in [0.15, 0.2) is 0 Å². The Morgan fingerprint density at radius 3 is 2.45 bits per heavy atom. The average molecular weight is 316 g/mol. The van der Waals surface area contributed by atoms with Crippen LogP contribution in [-0.4, -0.2) is 10.9 Å². The van der Waals surface area contributed by atoms with Gasteiger partial charge in [-0.3, -0.25) is 4.79 Å². The lowest BCUT2D eigenvalue weighted by atomic mass is 9.99. The molecule has 1 atom stereocenters. The first-order valence-electron chi connectivity index (χ1n) is 7.83. The fraction of sp³-hybridized carbons (Fsp3) is 0.444. The minimum atomic E-state index is -0.0168. The van der Waals surface area contributed by atoms with E-state index in [0.29, 0.717) is 18.3 Å². The molecule has 22 heavy (non-hydrogen) atoms. The van der Waals surface area contributed by atoms with Gasteiger partial charge in [0, 0.05) is 17.0 Å². The standard InChI is InChI=1S/C18H24N2OS/c1-5-13(4)14-6-8-15(9-7-14)19-17(21)10-16-11-22-18(20-16)12(2)3/h6-9,11-13H,5,10H2,1-4H3,(H,19,21). The van der Waals surface area contributed by atoms with Gasteiger partial charge in [0.1, 0.15) is 0 Å². The van der Waals surface area contributed by atoms with Crippen molar-refractivity contribution in [3.63, 3.8) is 0 Å². The average Bonchev–Trinajstić information content (AvgIpc) is 2.95. The first kappa shape index (κ1) is 16.7. The zero-order chi connectivity index (χ0) is 16.1. The Kier molecular flexibility index (Phi) is 5.72. The number of aromatic nitrogens is 1. The number of anilines is 1. The monoisotopic (exact) mass is 316 g/mol. The number of rotatable bonds is 6. The molecular formula is C18H24N2OS. The van der Waals surface area contributed by atoms with Crippen molar-refractivity contribution in [1.29, 1.82) is 0 Å². The normalized spacial score (nSPS) is 12.4. The number of amides is 1. The van der Waals surface area contributed by atoms with Gasteiger partial charge in [0.25, 0.3) is 0 Å². The van der Waals surface area contributed by atoms with Crippen molar-refractivity contribution in [1.82, 2.24) is 4.98 Å². The second-order valence-corrected chi connectivity index (χ2v) is 6.88. The van der Waals surface area contributed by atoms with Crippen LogP contribution in [0, 0.1) is 0 Å². The van der Waals surface area contributed by atoms with E-state index >= 15 is 0 Å². The maximum atomic E-state index is 12.1. The van der Waals surface area contributed by atoms with Crippen molar-refractivity contribution in [2.24, 2.45) is 0 Å². The summed E-state index contributed by atoms with van der Waals surface area (Å²) in [4.78, 5) is 16.6. The highest BCUT2D eigenvalue weighted by atomic mass is 32.1. The van der Waals surface area contributed by atoms with E-state index < -0.39 is 0 Å². The molecule has 0 radical (unpaired) electrons. The van der Waals surface area contributed by atoms with Crippen molar-refractivity contribution in [3.05, 3.63) is 45.9 Å². The molecule has 1 aromatic heterocycles. The van der Waals surface area contributed by atoms with Crippen molar-refractivity contribution >= 4 is 22.9 Å². The molecule has 0 saturated heterocycles. The molecule has 1 aromatic carbocycles. The summed E-state index contributed by atoms with van der Waals surface area (Å²) in [6.07, 6.45) is 1.45. The van der Waals surface area contributed by atoms with Crippen LogP contribution in [0.5, 0.6) is 0 Å². The second-order valence-electron chi connectivity index (χ2n) is 5.99. The number of nitrogens with zero attached hydrogens (tertiary/aromatic N) is 1. The van der Waals surface area contributed by atoms with Gasteiger partial charge in [-0.15, -0.1) is 11.3 Å². The molecule has 0 fully saturated rings. The van der Waals surface area contributed by atoms with Crippen molar-refractivity contribution in [3.8, 4) is 0 Å². The number of nitrogens with one attached hydrogen (secondary N) is 1. The van der Waals surface area contributed by atoms with Gasteiger partial charge in [-0.05, 0) is 30.0 Å². The van der Waals surface area contributed by atoms with Crippen LogP contribution in [0.4, 0.5) is 5.69 Å². The molecule has 1 unspecified atom stereocenters. The molecular weight excluding hydrogens is 292 g/mol. The highest BCUT2D eigenvalue weighted by Gasteiger charge is 2.10. The topological polar surface area (TPSA) is 42.0 Å². The molecule has 3 nitrogen and oxygen atoms in total. The number of hydrogen-bond donors (Lipinski definition) is 1. The lowest BCUT2D eigenvalue weighted by Gasteiger charge is -2.10. The minimum Gasteiger partial charge on any atom is -0.326 e. The summed E-state index contributed by atoms with van der Waals surface area (Å²) in [5.41, 5.74) is 3.00. The Labute approximate surface area is 136 Å². The van der Waals surface area contributed by atoms with Crippen LogP contribution in [0.2, 0.25) is 0 Å². The van der Waals surface area contributed by atoms with E-state index in [0.717, 1.165) is 22.8 Å². The summed E-state index contributed by atoms with van der Waals surface area (Å²) >= 11 is 1.62. The molecule has 0 aliphatic carbocycles. The van der Waals surface area contributed by atoms with Crippen molar-refractivity contribution in [2.45, 2.75) is 52.4 Å². The number of carbonyl (C=O) groups excluding carboxylic acids is 1. The smallest absolute Gasteiger partial charge is 0.230 e. The quantitative estimate of drug-likeness (QED) is 0.818. The Morgan fingerprint density at radius 1 is 1.23 bits per heavy atom. The molecule has 1 amide bonds. The Hall–Kier alpha value is -1.68. The third kappa shape index (κ3) is 4.41. The molecule has 1 N–H and O–H groups in total. The van der Waals surface area contributed by atoms with Gasteiger partial charge >= 0.3 is 0 Å². The van der Waals surface area contributed by atoms with Crippen LogP contribution >= 0.6 is 11.3 Å². The summed E-state index contributed by atoms with van der Waals surface area (Å²) in [5, 5.41) is 6.00. The number of carbonyl (C=O) groups is 1. The lowest BCUT2D eigenvalue weighted by Crippen LogP contribution is -2.14. The molecule has 2 rings (SSSR count). The van der Waals surface area contributed by atoms with Crippen LogP contribution < -0.4 is 5.32 Å². The van der Waals surface area contributed by atoms with E-state index in [-0.39, 0.29) is 5.91 Å². The highest BCUT2D eigenvalue weighted by Crippen LogP contribution is 2.21. The van der Waals surface area contributed by atoms with E-state index in [4.69, 9.17) is 0 Å².